The topological polar surface area (TPSA) is 43.9 Å². The molecule has 0 spiro atoms. The molecule has 0 saturated carbocycles. The van der Waals surface area contributed by atoms with Crippen LogP contribution in [-0.4, -0.2) is 61.4 Å². The molecule has 0 radical (unpaired) electrons. The number of carbonyl (C=O) groups is 2. The van der Waals surface area contributed by atoms with E-state index in [4.69, 9.17) is 11.6 Å². The van der Waals surface area contributed by atoms with Gasteiger partial charge >= 0.3 is 0 Å². The molecule has 2 fully saturated rings. The normalized spacial score (nSPS) is 23.2. The number of hydrogen-bond acceptors (Lipinski definition) is 3. The van der Waals surface area contributed by atoms with E-state index in [9.17, 15) is 9.59 Å². The number of para-hydroxylation sites is 1. The molecule has 0 bridgehead atoms. The summed E-state index contributed by atoms with van der Waals surface area (Å²) in [5.74, 6) is -0.718. The number of nitrogens with zero attached hydrogens (tertiary/aromatic N) is 3. The SMILES string of the molecule is CN1CCN(C(=O)C2CCN(c3ccccc3Cl)C2=O)CC1. The number of carbonyl (C=O) groups excluding carboxylic acids is 2. The van der Waals surface area contributed by atoms with Crippen LogP contribution >= 0.6 is 11.6 Å². The van der Waals surface area contributed by atoms with Gasteiger partial charge in [0.25, 0.3) is 0 Å². The monoisotopic (exact) mass is 321 g/mol. The maximum absolute atomic E-state index is 12.6. The highest BCUT2D eigenvalue weighted by molar-refractivity contribution is 6.34. The number of amides is 2. The van der Waals surface area contributed by atoms with E-state index < -0.39 is 5.92 Å². The van der Waals surface area contributed by atoms with Crippen LogP contribution in [0.5, 0.6) is 0 Å². The number of anilines is 1. The van der Waals surface area contributed by atoms with Crippen LogP contribution in [0.25, 0.3) is 0 Å². The fourth-order valence-corrected chi connectivity index (χ4v) is 3.30. The standard InChI is InChI=1S/C16H20ClN3O2/c1-18-8-10-19(11-9-18)15(21)12-6-7-20(16(12)22)14-5-3-2-4-13(14)17/h2-5,12H,6-11H2,1H3. The zero-order chi connectivity index (χ0) is 15.7. The maximum Gasteiger partial charge on any atom is 0.239 e. The van der Waals surface area contributed by atoms with Crippen LogP contribution in [0.3, 0.4) is 0 Å². The second kappa shape index (κ2) is 6.26. The van der Waals surface area contributed by atoms with E-state index in [1.54, 1.807) is 11.0 Å². The van der Waals surface area contributed by atoms with Gasteiger partial charge in [-0.2, -0.15) is 0 Å². The fourth-order valence-electron chi connectivity index (χ4n) is 3.07. The summed E-state index contributed by atoms with van der Waals surface area (Å²) in [5.41, 5.74) is 0.697. The van der Waals surface area contributed by atoms with Crippen molar-refractivity contribution in [3.05, 3.63) is 29.3 Å². The molecule has 1 atom stereocenters. The maximum atomic E-state index is 12.6. The van der Waals surface area contributed by atoms with Crippen molar-refractivity contribution >= 4 is 29.1 Å². The molecule has 118 valence electrons. The highest BCUT2D eigenvalue weighted by atomic mass is 35.5. The minimum absolute atomic E-state index is 0.0346. The summed E-state index contributed by atoms with van der Waals surface area (Å²) in [4.78, 5) is 30.9. The second-order valence-corrected chi connectivity index (χ2v) is 6.32. The van der Waals surface area contributed by atoms with Gasteiger partial charge in [-0.05, 0) is 25.6 Å². The molecule has 2 saturated heterocycles. The molecular formula is C16H20ClN3O2. The van der Waals surface area contributed by atoms with Gasteiger partial charge in [0.05, 0.1) is 10.7 Å². The first-order valence-corrected chi connectivity index (χ1v) is 7.99. The highest BCUT2D eigenvalue weighted by Gasteiger charge is 2.40. The van der Waals surface area contributed by atoms with Gasteiger partial charge in [-0.1, -0.05) is 23.7 Å². The molecule has 22 heavy (non-hydrogen) atoms. The molecule has 2 aliphatic heterocycles. The summed E-state index contributed by atoms with van der Waals surface area (Å²) in [6.07, 6.45) is 0.565. The summed E-state index contributed by atoms with van der Waals surface area (Å²) < 4.78 is 0. The Balaban J connectivity index is 1.71. The van der Waals surface area contributed by atoms with Crippen LogP contribution in [-0.2, 0) is 9.59 Å². The first kappa shape index (κ1) is 15.3. The Bertz CT molecular complexity index is 585. The number of piperazine rings is 1. The predicted molar refractivity (Wildman–Crippen MR) is 86.0 cm³/mol. The number of benzene rings is 1. The molecule has 1 aromatic rings. The molecule has 0 N–H and O–H groups in total. The van der Waals surface area contributed by atoms with Gasteiger partial charge in [-0.3, -0.25) is 9.59 Å². The third-order valence-electron chi connectivity index (χ3n) is 4.46. The van der Waals surface area contributed by atoms with Crippen molar-refractivity contribution < 1.29 is 9.59 Å². The molecule has 0 aliphatic carbocycles. The minimum Gasteiger partial charge on any atom is -0.339 e. The second-order valence-electron chi connectivity index (χ2n) is 5.91. The third-order valence-corrected chi connectivity index (χ3v) is 4.78. The van der Waals surface area contributed by atoms with Crippen LogP contribution in [0.1, 0.15) is 6.42 Å². The number of halogens is 1. The summed E-state index contributed by atoms with van der Waals surface area (Å²) in [5, 5.41) is 0.545. The molecule has 1 unspecified atom stereocenters. The first-order chi connectivity index (χ1) is 10.6. The zero-order valence-electron chi connectivity index (χ0n) is 12.7. The van der Waals surface area contributed by atoms with E-state index in [1.807, 2.05) is 30.1 Å². The van der Waals surface area contributed by atoms with E-state index in [0.717, 1.165) is 13.1 Å². The van der Waals surface area contributed by atoms with Crippen molar-refractivity contribution in [1.29, 1.82) is 0 Å². The van der Waals surface area contributed by atoms with E-state index >= 15 is 0 Å². The Morgan fingerprint density at radius 3 is 2.50 bits per heavy atom. The average Bonchev–Trinajstić information content (AvgIpc) is 2.89. The number of hydrogen-bond donors (Lipinski definition) is 0. The zero-order valence-corrected chi connectivity index (χ0v) is 13.4. The first-order valence-electron chi connectivity index (χ1n) is 7.61. The van der Waals surface area contributed by atoms with Crippen molar-refractivity contribution in [3.63, 3.8) is 0 Å². The average molecular weight is 322 g/mol. The van der Waals surface area contributed by atoms with Gasteiger partial charge in [0.1, 0.15) is 5.92 Å². The van der Waals surface area contributed by atoms with Crippen molar-refractivity contribution in [1.82, 2.24) is 9.80 Å². The molecule has 0 aromatic heterocycles. The smallest absolute Gasteiger partial charge is 0.239 e. The summed E-state index contributed by atoms with van der Waals surface area (Å²) >= 11 is 6.17. The lowest BCUT2D eigenvalue weighted by Crippen LogP contribution is -2.50. The van der Waals surface area contributed by atoms with Gasteiger partial charge in [-0.25, -0.2) is 0 Å². The molecule has 5 nitrogen and oxygen atoms in total. The molecule has 3 rings (SSSR count). The van der Waals surface area contributed by atoms with Crippen LogP contribution in [0.4, 0.5) is 5.69 Å². The summed E-state index contributed by atoms with van der Waals surface area (Å²) in [7, 11) is 2.04. The Morgan fingerprint density at radius 2 is 1.82 bits per heavy atom. The lowest BCUT2D eigenvalue weighted by Gasteiger charge is -2.33. The minimum atomic E-state index is -0.556. The Kier molecular flexibility index (Phi) is 4.36. The molecule has 2 aliphatic rings. The summed E-state index contributed by atoms with van der Waals surface area (Å²) in [6.45, 7) is 3.67. The van der Waals surface area contributed by atoms with Crippen molar-refractivity contribution in [2.45, 2.75) is 6.42 Å². The van der Waals surface area contributed by atoms with Crippen LogP contribution < -0.4 is 4.90 Å². The number of rotatable bonds is 2. The molecule has 2 heterocycles. The van der Waals surface area contributed by atoms with Crippen LogP contribution in [0.2, 0.25) is 5.02 Å². The molecular weight excluding hydrogens is 302 g/mol. The van der Waals surface area contributed by atoms with Crippen LogP contribution in [0.15, 0.2) is 24.3 Å². The highest BCUT2D eigenvalue weighted by Crippen LogP contribution is 2.31. The fraction of sp³-hybridized carbons (Fsp3) is 0.500. The largest absolute Gasteiger partial charge is 0.339 e. The van der Waals surface area contributed by atoms with Gasteiger partial charge in [-0.15, -0.1) is 0 Å². The van der Waals surface area contributed by atoms with E-state index in [0.29, 0.717) is 36.8 Å². The number of likely N-dealkylation sites (N-methyl/N-ethyl adjacent to an activating group) is 1. The van der Waals surface area contributed by atoms with Gasteiger partial charge in [0.15, 0.2) is 0 Å². The third kappa shape index (κ3) is 2.83. The van der Waals surface area contributed by atoms with Gasteiger partial charge < -0.3 is 14.7 Å². The van der Waals surface area contributed by atoms with Gasteiger partial charge in [0.2, 0.25) is 11.8 Å². The predicted octanol–water partition coefficient (Wildman–Crippen LogP) is 1.47. The molecule has 2 amide bonds. The van der Waals surface area contributed by atoms with Crippen molar-refractivity contribution in [2.75, 3.05) is 44.7 Å². The van der Waals surface area contributed by atoms with E-state index in [1.165, 1.54) is 0 Å². The lowest BCUT2D eigenvalue weighted by molar-refractivity contribution is -0.141. The Labute approximate surface area is 135 Å². The molecule has 1 aromatic carbocycles. The lowest BCUT2D eigenvalue weighted by atomic mass is 10.1. The van der Waals surface area contributed by atoms with Crippen molar-refractivity contribution in [3.8, 4) is 0 Å². The Morgan fingerprint density at radius 1 is 1.14 bits per heavy atom. The summed E-state index contributed by atoms with van der Waals surface area (Å²) in [6, 6.07) is 7.27. The van der Waals surface area contributed by atoms with E-state index in [-0.39, 0.29) is 11.8 Å². The van der Waals surface area contributed by atoms with Crippen LogP contribution in [0, 0.1) is 5.92 Å². The van der Waals surface area contributed by atoms with Crippen molar-refractivity contribution in [2.24, 2.45) is 5.92 Å². The quantitative estimate of drug-likeness (QED) is 0.775. The molecule has 6 heteroatoms. The van der Waals surface area contributed by atoms with Gasteiger partial charge in [0, 0.05) is 32.7 Å². The Hall–Kier alpha value is -1.59. The van der Waals surface area contributed by atoms with E-state index in [2.05, 4.69) is 4.90 Å².